The molecule has 0 aliphatic heterocycles. The van der Waals surface area contributed by atoms with Crippen LogP contribution in [-0.4, -0.2) is 23.7 Å². The van der Waals surface area contributed by atoms with Crippen molar-refractivity contribution in [3.05, 3.63) is 29.8 Å². The molecule has 3 N–H and O–H groups in total. The van der Waals surface area contributed by atoms with Gasteiger partial charge in [0.15, 0.2) is 0 Å². The van der Waals surface area contributed by atoms with Gasteiger partial charge in [-0.25, -0.2) is 4.79 Å². The average molecular weight is 264 g/mol. The molecule has 0 spiro atoms. The van der Waals surface area contributed by atoms with Crippen molar-refractivity contribution in [1.82, 2.24) is 5.32 Å². The van der Waals surface area contributed by atoms with Crippen LogP contribution in [0.2, 0.25) is 0 Å². The number of hydrogen-bond donors (Lipinski definition) is 3. The molecule has 1 aromatic carbocycles. The Hall–Kier alpha value is -2.04. The lowest BCUT2D eigenvalue weighted by molar-refractivity contribution is -0.146. The lowest BCUT2D eigenvalue weighted by atomic mass is 9.94. The summed E-state index contributed by atoms with van der Waals surface area (Å²) in [7, 11) is 0. The van der Waals surface area contributed by atoms with Gasteiger partial charge in [0.25, 0.3) is 0 Å². The van der Waals surface area contributed by atoms with Crippen LogP contribution in [0.25, 0.3) is 0 Å². The van der Waals surface area contributed by atoms with Gasteiger partial charge >= 0.3 is 12.0 Å². The zero-order valence-electron chi connectivity index (χ0n) is 11.5. The summed E-state index contributed by atoms with van der Waals surface area (Å²) in [6, 6.07) is 7.14. The van der Waals surface area contributed by atoms with Crippen molar-refractivity contribution >= 4 is 17.7 Å². The van der Waals surface area contributed by atoms with E-state index in [2.05, 4.69) is 10.6 Å². The Morgan fingerprint density at radius 2 is 2.00 bits per heavy atom. The molecule has 0 heterocycles. The van der Waals surface area contributed by atoms with Gasteiger partial charge in [-0.1, -0.05) is 19.1 Å². The monoisotopic (exact) mass is 264 g/mol. The van der Waals surface area contributed by atoms with E-state index in [9.17, 15) is 9.59 Å². The summed E-state index contributed by atoms with van der Waals surface area (Å²) in [5, 5.41) is 14.2. The molecule has 1 aromatic rings. The van der Waals surface area contributed by atoms with Crippen LogP contribution < -0.4 is 10.6 Å². The van der Waals surface area contributed by atoms with Crippen LogP contribution >= 0.6 is 0 Å². The number of carbonyl (C=O) groups is 2. The van der Waals surface area contributed by atoms with E-state index in [1.807, 2.05) is 25.1 Å². The normalized spacial score (nSPS) is 10.9. The molecular weight excluding hydrogens is 244 g/mol. The molecule has 2 amide bonds. The van der Waals surface area contributed by atoms with Crippen LogP contribution in [0.3, 0.4) is 0 Å². The van der Waals surface area contributed by atoms with Crippen LogP contribution in [0.15, 0.2) is 24.3 Å². The Labute approximate surface area is 113 Å². The third kappa shape index (κ3) is 4.62. The molecule has 0 aromatic heterocycles. The second-order valence-corrected chi connectivity index (χ2v) is 5.05. The van der Waals surface area contributed by atoms with E-state index in [1.165, 1.54) is 0 Å². The Morgan fingerprint density at radius 1 is 1.32 bits per heavy atom. The van der Waals surface area contributed by atoms with Gasteiger partial charge < -0.3 is 15.7 Å². The average Bonchev–Trinajstić information content (AvgIpc) is 2.36. The number of aryl methyl sites for hydroxylation is 1. The molecule has 0 atom stereocenters. The third-order valence-electron chi connectivity index (χ3n) is 2.86. The SMILES string of the molecule is CCc1cccc(NC(=O)NCC(C)(C)C(=O)O)c1. The minimum Gasteiger partial charge on any atom is -0.481 e. The molecule has 0 aliphatic carbocycles. The predicted octanol–water partition coefficient (Wildman–Crippen LogP) is 2.48. The number of carbonyl (C=O) groups excluding carboxylic acids is 1. The van der Waals surface area contributed by atoms with Gasteiger partial charge in [-0.15, -0.1) is 0 Å². The lowest BCUT2D eigenvalue weighted by Gasteiger charge is -2.19. The summed E-state index contributed by atoms with van der Waals surface area (Å²) in [4.78, 5) is 22.6. The smallest absolute Gasteiger partial charge is 0.319 e. The van der Waals surface area contributed by atoms with Crippen molar-refractivity contribution in [3.63, 3.8) is 0 Å². The molecule has 1 rings (SSSR count). The van der Waals surface area contributed by atoms with Crippen molar-refractivity contribution in [3.8, 4) is 0 Å². The van der Waals surface area contributed by atoms with Gasteiger partial charge in [-0.3, -0.25) is 4.79 Å². The van der Waals surface area contributed by atoms with E-state index >= 15 is 0 Å². The minimum absolute atomic E-state index is 0.0711. The summed E-state index contributed by atoms with van der Waals surface area (Å²) < 4.78 is 0. The number of nitrogens with one attached hydrogen (secondary N) is 2. The molecule has 5 heteroatoms. The van der Waals surface area contributed by atoms with Crippen LogP contribution in [0.4, 0.5) is 10.5 Å². The van der Waals surface area contributed by atoms with Gasteiger partial charge in [0.1, 0.15) is 0 Å². The number of rotatable bonds is 5. The summed E-state index contributed by atoms with van der Waals surface area (Å²) in [5.41, 5.74) is 0.844. The van der Waals surface area contributed by atoms with Crippen molar-refractivity contribution in [2.75, 3.05) is 11.9 Å². The quantitative estimate of drug-likeness (QED) is 0.764. The van der Waals surface area contributed by atoms with Crippen molar-refractivity contribution in [2.24, 2.45) is 5.41 Å². The second-order valence-electron chi connectivity index (χ2n) is 5.05. The highest BCUT2D eigenvalue weighted by molar-refractivity contribution is 5.89. The van der Waals surface area contributed by atoms with Crippen molar-refractivity contribution in [2.45, 2.75) is 27.2 Å². The first-order chi connectivity index (χ1) is 8.85. The Balaban J connectivity index is 2.54. The number of benzene rings is 1. The minimum atomic E-state index is -0.984. The van der Waals surface area contributed by atoms with Crippen molar-refractivity contribution in [1.29, 1.82) is 0 Å². The van der Waals surface area contributed by atoms with E-state index in [0.717, 1.165) is 12.0 Å². The maximum Gasteiger partial charge on any atom is 0.319 e. The molecule has 0 bridgehead atoms. The fraction of sp³-hybridized carbons (Fsp3) is 0.429. The number of aliphatic carboxylic acids is 1. The van der Waals surface area contributed by atoms with Crippen LogP contribution in [-0.2, 0) is 11.2 Å². The van der Waals surface area contributed by atoms with Crippen molar-refractivity contribution < 1.29 is 14.7 Å². The predicted molar refractivity (Wildman–Crippen MR) is 74.3 cm³/mol. The molecule has 5 nitrogen and oxygen atoms in total. The van der Waals surface area contributed by atoms with E-state index in [0.29, 0.717) is 5.69 Å². The van der Waals surface area contributed by atoms with Gasteiger partial charge in [-0.05, 0) is 38.0 Å². The van der Waals surface area contributed by atoms with Crippen LogP contribution in [0.1, 0.15) is 26.3 Å². The number of amides is 2. The van der Waals surface area contributed by atoms with Gasteiger partial charge in [0.2, 0.25) is 0 Å². The summed E-state index contributed by atoms with van der Waals surface area (Å²) in [6.07, 6.45) is 0.892. The number of urea groups is 1. The summed E-state index contributed by atoms with van der Waals surface area (Å²) in [6.45, 7) is 5.23. The largest absolute Gasteiger partial charge is 0.481 e. The number of carboxylic acid groups (broad SMARTS) is 1. The molecule has 0 saturated carbocycles. The lowest BCUT2D eigenvalue weighted by Crippen LogP contribution is -2.40. The third-order valence-corrected chi connectivity index (χ3v) is 2.86. The molecule has 0 fully saturated rings. The fourth-order valence-corrected chi connectivity index (χ4v) is 1.42. The standard InChI is InChI=1S/C14H20N2O3/c1-4-10-6-5-7-11(8-10)16-13(19)15-9-14(2,3)12(17)18/h5-8H,4,9H2,1-3H3,(H,17,18)(H2,15,16,19). The summed E-state index contributed by atoms with van der Waals surface area (Å²) in [5.74, 6) is -0.944. The zero-order valence-corrected chi connectivity index (χ0v) is 11.5. The van der Waals surface area contributed by atoms with Gasteiger partial charge in [0.05, 0.1) is 5.41 Å². The maximum atomic E-state index is 11.7. The fourth-order valence-electron chi connectivity index (χ4n) is 1.42. The molecule has 0 radical (unpaired) electrons. The molecule has 19 heavy (non-hydrogen) atoms. The first-order valence-corrected chi connectivity index (χ1v) is 6.22. The van der Waals surface area contributed by atoms with E-state index in [-0.39, 0.29) is 6.54 Å². The molecule has 0 saturated heterocycles. The Morgan fingerprint density at radius 3 is 2.58 bits per heavy atom. The topological polar surface area (TPSA) is 78.4 Å². The number of hydrogen-bond acceptors (Lipinski definition) is 2. The highest BCUT2D eigenvalue weighted by Crippen LogP contribution is 2.14. The van der Waals surface area contributed by atoms with Gasteiger partial charge in [0, 0.05) is 12.2 Å². The molecular formula is C14H20N2O3. The van der Waals surface area contributed by atoms with Gasteiger partial charge in [-0.2, -0.15) is 0 Å². The highest BCUT2D eigenvalue weighted by Gasteiger charge is 2.27. The first kappa shape index (κ1) is 15.0. The molecule has 0 unspecified atom stereocenters. The van der Waals surface area contributed by atoms with Crippen LogP contribution in [0.5, 0.6) is 0 Å². The molecule has 104 valence electrons. The Bertz CT molecular complexity index is 470. The van der Waals surface area contributed by atoms with E-state index < -0.39 is 17.4 Å². The van der Waals surface area contributed by atoms with E-state index in [1.54, 1.807) is 19.9 Å². The van der Waals surface area contributed by atoms with Crippen LogP contribution in [0, 0.1) is 5.41 Å². The Kier molecular flexibility index (Phi) is 4.92. The maximum absolute atomic E-state index is 11.7. The zero-order chi connectivity index (χ0) is 14.5. The summed E-state index contributed by atoms with van der Waals surface area (Å²) >= 11 is 0. The van der Waals surface area contributed by atoms with E-state index in [4.69, 9.17) is 5.11 Å². The first-order valence-electron chi connectivity index (χ1n) is 6.22. The number of anilines is 1. The highest BCUT2D eigenvalue weighted by atomic mass is 16.4. The molecule has 0 aliphatic rings. The second kappa shape index (κ2) is 6.22. The number of carboxylic acids is 1.